The van der Waals surface area contributed by atoms with Crippen molar-refractivity contribution in [2.45, 2.75) is 31.8 Å². The van der Waals surface area contributed by atoms with Crippen LogP contribution in [-0.4, -0.2) is 65.7 Å². The molecule has 35 heavy (non-hydrogen) atoms. The zero-order valence-electron chi connectivity index (χ0n) is 20.4. The quantitative estimate of drug-likeness (QED) is 0.310. The molecule has 1 aliphatic heterocycles. The Morgan fingerprint density at radius 3 is 2.80 bits per heavy atom. The van der Waals surface area contributed by atoms with Crippen LogP contribution in [0.25, 0.3) is 33.3 Å². The Morgan fingerprint density at radius 1 is 1.23 bits per heavy atom. The summed E-state index contributed by atoms with van der Waals surface area (Å²) in [5.74, 6) is 0.514. The van der Waals surface area contributed by atoms with E-state index < -0.39 is 0 Å². The van der Waals surface area contributed by atoms with Crippen LogP contribution in [0.15, 0.2) is 41.2 Å². The number of halogens is 1. The first kappa shape index (κ1) is 23.7. The number of nitrogens with zero attached hydrogens (tertiary/aromatic N) is 3. The minimum absolute atomic E-state index is 0.0407. The zero-order chi connectivity index (χ0) is 24.7. The van der Waals surface area contributed by atoms with Crippen molar-refractivity contribution in [2.24, 2.45) is 5.73 Å². The van der Waals surface area contributed by atoms with Crippen molar-refractivity contribution >= 4 is 44.9 Å². The number of anilines is 2. The Labute approximate surface area is 209 Å². The number of aromatic amines is 2. The number of pyridine rings is 1. The highest BCUT2D eigenvalue weighted by Gasteiger charge is 2.25. The van der Waals surface area contributed by atoms with Crippen molar-refractivity contribution in [1.82, 2.24) is 19.9 Å². The molecule has 0 aliphatic carbocycles. The minimum atomic E-state index is -0.222. The Morgan fingerprint density at radius 2 is 2.06 bits per heavy atom. The Kier molecular flexibility index (Phi) is 6.44. The van der Waals surface area contributed by atoms with Gasteiger partial charge < -0.3 is 30.8 Å². The topological polar surface area (TPSA) is 106 Å². The number of likely N-dealkylation sites (N-methyl/N-ethyl adjacent to an activating group) is 1. The summed E-state index contributed by atoms with van der Waals surface area (Å²) >= 11 is 6.32. The molecule has 1 fully saturated rings. The molecule has 4 aromatic rings. The van der Waals surface area contributed by atoms with Crippen LogP contribution in [0.2, 0.25) is 5.02 Å². The molecule has 0 unspecified atom stereocenters. The van der Waals surface area contributed by atoms with Gasteiger partial charge in [0.1, 0.15) is 11.4 Å². The van der Waals surface area contributed by atoms with Gasteiger partial charge in [-0.3, -0.25) is 4.79 Å². The Balaban J connectivity index is 1.58. The molecular formula is C26H32ClN7O. The van der Waals surface area contributed by atoms with Gasteiger partial charge in [-0.2, -0.15) is 0 Å². The molecule has 5 rings (SSSR count). The lowest BCUT2D eigenvalue weighted by molar-refractivity contribution is 0.315. The van der Waals surface area contributed by atoms with E-state index in [-0.39, 0.29) is 11.6 Å². The fourth-order valence-corrected chi connectivity index (χ4v) is 4.94. The van der Waals surface area contributed by atoms with E-state index in [0.717, 1.165) is 48.0 Å². The van der Waals surface area contributed by atoms with Gasteiger partial charge in [-0.25, -0.2) is 4.98 Å². The number of nitrogens with one attached hydrogen (secondary N) is 3. The van der Waals surface area contributed by atoms with E-state index in [2.05, 4.69) is 51.3 Å². The van der Waals surface area contributed by atoms with Crippen molar-refractivity contribution in [2.75, 3.05) is 43.9 Å². The minimum Gasteiger partial charge on any atom is -0.382 e. The molecule has 8 nitrogen and oxygen atoms in total. The van der Waals surface area contributed by atoms with Crippen molar-refractivity contribution in [3.8, 4) is 11.4 Å². The molecule has 2 aromatic carbocycles. The fourth-order valence-electron chi connectivity index (χ4n) is 4.76. The third kappa shape index (κ3) is 4.61. The van der Waals surface area contributed by atoms with E-state index in [1.165, 1.54) is 0 Å². The molecule has 1 saturated heterocycles. The SMILES string of the molecule is CC[C@H](N)CNc1c(-c2nc3ccc(N4CC[C@@H](N(C)C)C4)cc3[nH]2)c(=O)[nH]c2ccc(Cl)cc12. The largest absolute Gasteiger partial charge is 0.382 e. The summed E-state index contributed by atoms with van der Waals surface area (Å²) in [5, 5.41) is 4.83. The molecule has 1 aliphatic rings. The summed E-state index contributed by atoms with van der Waals surface area (Å²) in [4.78, 5) is 29.1. The van der Waals surface area contributed by atoms with Gasteiger partial charge in [0.2, 0.25) is 0 Å². The van der Waals surface area contributed by atoms with Crippen LogP contribution in [0.3, 0.4) is 0 Å². The predicted octanol–water partition coefficient (Wildman–Crippen LogP) is 4.01. The summed E-state index contributed by atoms with van der Waals surface area (Å²) in [6.45, 7) is 4.58. The molecule has 9 heteroatoms. The maximum Gasteiger partial charge on any atom is 0.261 e. The lowest BCUT2D eigenvalue weighted by atomic mass is 10.1. The number of imidazole rings is 1. The lowest BCUT2D eigenvalue weighted by Gasteiger charge is -2.21. The lowest BCUT2D eigenvalue weighted by Crippen LogP contribution is -2.31. The number of hydrogen-bond donors (Lipinski definition) is 4. The first-order valence-corrected chi connectivity index (χ1v) is 12.5. The summed E-state index contributed by atoms with van der Waals surface area (Å²) < 4.78 is 0. The van der Waals surface area contributed by atoms with Gasteiger partial charge in [0.15, 0.2) is 0 Å². The van der Waals surface area contributed by atoms with E-state index in [1.807, 2.05) is 25.1 Å². The zero-order valence-corrected chi connectivity index (χ0v) is 21.1. The third-order valence-electron chi connectivity index (χ3n) is 7.00. The van der Waals surface area contributed by atoms with Crippen molar-refractivity contribution in [1.29, 1.82) is 0 Å². The van der Waals surface area contributed by atoms with Gasteiger partial charge >= 0.3 is 0 Å². The van der Waals surface area contributed by atoms with Gasteiger partial charge in [0.05, 0.1) is 22.2 Å². The highest BCUT2D eigenvalue weighted by atomic mass is 35.5. The normalized spacial score (nSPS) is 17.1. The van der Waals surface area contributed by atoms with Crippen LogP contribution in [0, 0.1) is 0 Å². The number of hydrogen-bond acceptors (Lipinski definition) is 6. The Bertz CT molecular complexity index is 1430. The van der Waals surface area contributed by atoms with Crippen LogP contribution in [0.5, 0.6) is 0 Å². The third-order valence-corrected chi connectivity index (χ3v) is 7.24. The fraction of sp³-hybridized carbons (Fsp3) is 0.385. The molecular weight excluding hydrogens is 462 g/mol. The number of fused-ring (bicyclic) bond motifs is 2. The van der Waals surface area contributed by atoms with Gasteiger partial charge in [0, 0.05) is 47.8 Å². The van der Waals surface area contributed by atoms with Crippen molar-refractivity contribution in [3.05, 3.63) is 51.8 Å². The second-order valence-electron chi connectivity index (χ2n) is 9.58. The van der Waals surface area contributed by atoms with Crippen LogP contribution in [0.1, 0.15) is 19.8 Å². The summed E-state index contributed by atoms with van der Waals surface area (Å²) in [6.07, 6.45) is 1.96. The van der Waals surface area contributed by atoms with Gasteiger partial charge in [0.25, 0.3) is 5.56 Å². The predicted molar refractivity (Wildman–Crippen MR) is 146 cm³/mol. The molecule has 0 radical (unpaired) electrons. The number of rotatable bonds is 7. The summed E-state index contributed by atoms with van der Waals surface area (Å²) in [5.41, 5.74) is 10.7. The average molecular weight is 494 g/mol. The smallest absolute Gasteiger partial charge is 0.261 e. The number of aromatic nitrogens is 3. The maximum atomic E-state index is 13.3. The van der Waals surface area contributed by atoms with Crippen LogP contribution >= 0.6 is 11.6 Å². The van der Waals surface area contributed by atoms with E-state index in [4.69, 9.17) is 22.3 Å². The second kappa shape index (κ2) is 9.53. The molecule has 0 amide bonds. The number of H-pyrrole nitrogens is 2. The molecule has 184 valence electrons. The number of benzene rings is 2. The first-order chi connectivity index (χ1) is 16.8. The first-order valence-electron chi connectivity index (χ1n) is 12.1. The standard InChI is InChI=1S/C26H32ClN7O/c1-4-16(28)13-29-24-19-11-15(27)5-7-20(19)32-26(35)23(24)25-30-21-8-6-17(12-22(21)31-25)34-10-9-18(14-34)33(2)3/h5-8,11-12,16,18H,4,9-10,13-14,28H2,1-3H3,(H,30,31)(H2,29,32,35)/t16-,18+/m0/s1. The van der Waals surface area contributed by atoms with Gasteiger partial charge in [-0.15, -0.1) is 0 Å². The molecule has 0 spiro atoms. The monoisotopic (exact) mass is 493 g/mol. The molecule has 2 atom stereocenters. The van der Waals surface area contributed by atoms with E-state index in [0.29, 0.717) is 40.2 Å². The highest BCUT2D eigenvalue weighted by Crippen LogP contribution is 2.33. The summed E-state index contributed by atoms with van der Waals surface area (Å²) in [6, 6.07) is 12.2. The number of nitrogens with two attached hydrogens (primary N) is 1. The van der Waals surface area contributed by atoms with Gasteiger partial charge in [-0.05, 0) is 63.3 Å². The van der Waals surface area contributed by atoms with Crippen molar-refractivity contribution < 1.29 is 0 Å². The Hall–Kier alpha value is -3.07. The van der Waals surface area contributed by atoms with Gasteiger partial charge in [-0.1, -0.05) is 18.5 Å². The molecule has 0 saturated carbocycles. The molecule has 5 N–H and O–H groups in total. The van der Waals surface area contributed by atoms with Crippen molar-refractivity contribution in [3.63, 3.8) is 0 Å². The van der Waals surface area contributed by atoms with Crippen LogP contribution in [-0.2, 0) is 0 Å². The molecule has 0 bridgehead atoms. The van der Waals surface area contributed by atoms with E-state index in [1.54, 1.807) is 6.07 Å². The highest BCUT2D eigenvalue weighted by molar-refractivity contribution is 6.31. The van der Waals surface area contributed by atoms with Crippen LogP contribution in [0.4, 0.5) is 11.4 Å². The molecule has 2 aromatic heterocycles. The summed E-state index contributed by atoms with van der Waals surface area (Å²) in [7, 11) is 4.26. The van der Waals surface area contributed by atoms with E-state index in [9.17, 15) is 4.79 Å². The van der Waals surface area contributed by atoms with Crippen LogP contribution < -0.4 is 21.5 Å². The van der Waals surface area contributed by atoms with E-state index >= 15 is 0 Å². The maximum absolute atomic E-state index is 13.3. The molecule has 3 heterocycles. The average Bonchev–Trinajstić information content (AvgIpc) is 3.49. The second-order valence-corrected chi connectivity index (χ2v) is 10.0.